The largest absolute Gasteiger partial charge is 0.317 e. The number of hydrogen-bond acceptors (Lipinski definition) is 2. The van der Waals surface area contributed by atoms with Gasteiger partial charge in [0.2, 0.25) is 0 Å². The summed E-state index contributed by atoms with van der Waals surface area (Å²) in [5.74, 6) is 1.94. The second-order valence-corrected chi connectivity index (χ2v) is 7.42. The summed E-state index contributed by atoms with van der Waals surface area (Å²) in [6.07, 6.45) is 11.5. The summed E-state index contributed by atoms with van der Waals surface area (Å²) in [5, 5.41) is 3.50. The molecule has 2 heteroatoms. The third-order valence-electron chi connectivity index (χ3n) is 5.70. The second kappa shape index (κ2) is 8.38. The molecule has 1 saturated carbocycles. The van der Waals surface area contributed by atoms with E-state index in [2.05, 4.69) is 31.0 Å². The Hall–Kier alpha value is -0.0800. The van der Waals surface area contributed by atoms with Crippen LogP contribution in [0.15, 0.2) is 0 Å². The highest BCUT2D eigenvalue weighted by atomic mass is 15.2. The molecule has 2 aliphatic rings. The van der Waals surface area contributed by atoms with Crippen LogP contribution in [-0.2, 0) is 0 Å². The standard InChI is InChI=1S/C18H36N2/c1-4-16-6-5-7-18(9-8-16)20(15(2)3)14-17-10-12-19-13-11-17/h15-19H,4-14H2,1-3H3. The van der Waals surface area contributed by atoms with Gasteiger partial charge in [-0.3, -0.25) is 4.90 Å². The maximum atomic E-state index is 3.50. The van der Waals surface area contributed by atoms with Gasteiger partial charge in [-0.1, -0.05) is 26.2 Å². The minimum atomic E-state index is 0.716. The van der Waals surface area contributed by atoms with Crippen molar-refractivity contribution in [1.82, 2.24) is 10.2 Å². The van der Waals surface area contributed by atoms with Crippen molar-refractivity contribution in [3.8, 4) is 0 Å². The Morgan fingerprint density at radius 1 is 0.950 bits per heavy atom. The Balaban J connectivity index is 1.89. The summed E-state index contributed by atoms with van der Waals surface area (Å²) in [6, 6.07) is 1.58. The van der Waals surface area contributed by atoms with Crippen molar-refractivity contribution < 1.29 is 0 Å². The minimum Gasteiger partial charge on any atom is -0.317 e. The summed E-state index contributed by atoms with van der Waals surface area (Å²) in [7, 11) is 0. The Bertz CT molecular complexity index is 258. The molecule has 2 atom stereocenters. The first-order chi connectivity index (χ1) is 9.70. The van der Waals surface area contributed by atoms with Gasteiger partial charge in [-0.15, -0.1) is 0 Å². The van der Waals surface area contributed by atoms with Crippen molar-refractivity contribution in [1.29, 1.82) is 0 Å². The molecule has 2 fully saturated rings. The first-order valence-corrected chi connectivity index (χ1v) is 9.17. The lowest BCUT2D eigenvalue weighted by molar-refractivity contribution is 0.105. The molecule has 0 amide bonds. The molecule has 0 aromatic rings. The number of rotatable bonds is 5. The molecule has 0 aromatic carbocycles. The molecule has 1 N–H and O–H groups in total. The van der Waals surface area contributed by atoms with Gasteiger partial charge in [-0.05, 0) is 70.9 Å². The molecule has 0 radical (unpaired) electrons. The van der Waals surface area contributed by atoms with Gasteiger partial charge in [0, 0.05) is 18.6 Å². The molecule has 118 valence electrons. The quantitative estimate of drug-likeness (QED) is 0.764. The molecule has 0 aromatic heterocycles. The van der Waals surface area contributed by atoms with Crippen molar-refractivity contribution in [3.63, 3.8) is 0 Å². The van der Waals surface area contributed by atoms with Crippen LogP contribution in [0.1, 0.15) is 72.1 Å². The monoisotopic (exact) mass is 280 g/mol. The van der Waals surface area contributed by atoms with E-state index in [1.54, 1.807) is 0 Å². The van der Waals surface area contributed by atoms with Crippen molar-refractivity contribution in [3.05, 3.63) is 0 Å². The fraction of sp³-hybridized carbons (Fsp3) is 1.00. The SMILES string of the molecule is CCC1CCCC(N(CC2CCNCC2)C(C)C)CC1. The maximum Gasteiger partial charge on any atom is 0.00981 e. The molecular formula is C18H36N2. The number of nitrogens with one attached hydrogen (secondary N) is 1. The Morgan fingerprint density at radius 2 is 1.70 bits per heavy atom. The van der Waals surface area contributed by atoms with E-state index >= 15 is 0 Å². The smallest absolute Gasteiger partial charge is 0.00981 e. The van der Waals surface area contributed by atoms with Crippen molar-refractivity contribution in [2.24, 2.45) is 11.8 Å². The molecule has 2 rings (SSSR count). The van der Waals surface area contributed by atoms with Gasteiger partial charge in [0.25, 0.3) is 0 Å². The third kappa shape index (κ3) is 4.73. The summed E-state index contributed by atoms with van der Waals surface area (Å²) < 4.78 is 0. The van der Waals surface area contributed by atoms with Gasteiger partial charge >= 0.3 is 0 Å². The zero-order valence-electron chi connectivity index (χ0n) is 14.0. The van der Waals surface area contributed by atoms with E-state index in [1.807, 2.05) is 0 Å². The molecule has 1 saturated heterocycles. The lowest BCUT2D eigenvalue weighted by atomic mass is 9.94. The number of piperidine rings is 1. The number of hydrogen-bond donors (Lipinski definition) is 1. The molecule has 1 heterocycles. The van der Waals surface area contributed by atoms with Gasteiger partial charge in [0.05, 0.1) is 0 Å². The zero-order chi connectivity index (χ0) is 14.4. The van der Waals surface area contributed by atoms with E-state index in [-0.39, 0.29) is 0 Å². The van der Waals surface area contributed by atoms with Crippen LogP contribution >= 0.6 is 0 Å². The molecule has 2 unspecified atom stereocenters. The average molecular weight is 281 g/mol. The van der Waals surface area contributed by atoms with Crippen molar-refractivity contribution >= 4 is 0 Å². The number of nitrogens with zero attached hydrogens (tertiary/aromatic N) is 1. The molecule has 0 bridgehead atoms. The van der Waals surface area contributed by atoms with Gasteiger partial charge in [0.15, 0.2) is 0 Å². The first-order valence-electron chi connectivity index (χ1n) is 9.17. The molecule has 20 heavy (non-hydrogen) atoms. The molecule has 2 nitrogen and oxygen atoms in total. The Kier molecular flexibility index (Phi) is 6.83. The average Bonchev–Trinajstić information content (AvgIpc) is 2.71. The molecule has 1 aliphatic heterocycles. The van der Waals surface area contributed by atoms with Crippen LogP contribution in [-0.4, -0.2) is 36.6 Å². The fourth-order valence-electron chi connectivity index (χ4n) is 4.24. The van der Waals surface area contributed by atoms with E-state index in [9.17, 15) is 0 Å². The normalized spacial score (nSPS) is 29.9. The molecule has 0 spiro atoms. The zero-order valence-corrected chi connectivity index (χ0v) is 14.0. The second-order valence-electron chi connectivity index (χ2n) is 7.42. The maximum absolute atomic E-state index is 3.50. The third-order valence-corrected chi connectivity index (χ3v) is 5.70. The summed E-state index contributed by atoms with van der Waals surface area (Å²) in [5.41, 5.74) is 0. The van der Waals surface area contributed by atoms with Crippen LogP contribution in [0.25, 0.3) is 0 Å². The summed E-state index contributed by atoms with van der Waals surface area (Å²) >= 11 is 0. The highest BCUT2D eigenvalue weighted by molar-refractivity contribution is 4.82. The van der Waals surface area contributed by atoms with Crippen LogP contribution in [0.4, 0.5) is 0 Å². The van der Waals surface area contributed by atoms with E-state index in [0.717, 1.165) is 17.9 Å². The first kappa shape index (κ1) is 16.3. The van der Waals surface area contributed by atoms with Crippen LogP contribution in [0.5, 0.6) is 0 Å². The van der Waals surface area contributed by atoms with Gasteiger partial charge < -0.3 is 5.32 Å². The molecule has 1 aliphatic carbocycles. The topological polar surface area (TPSA) is 15.3 Å². The predicted octanol–water partition coefficient (Wildman–Crippen LogP) is 4.06. The van der Waals surface area contributed by atoms with E-state index < -0.39 is 0 Å². The summed E-state index contributed by atoms with van der Waals surface area (Å²) in [6.45, 7) is 11.0. The minimum absolute atomic E-state index is 0.716. The van der Waals surface area contributed by atoms with Crippen LogP contribution in [0.3, 0.4) is 0 Å². The fourth-order valence-corrected chi connectivity index (χ4v) is 4.24. The Morgan fingerprint density at radius 3 is 2.35 bits per heavy atom. The predicted molar refractivity (Wildman–Crippen MR) is 88.1 cm³/mol. The van der Waals surface area contributed by atoms with Gasteiger partial charge in [-0.25, -0.2) is 0 Å². The van der Waals surface area contributed by atoms with Gasteiger partial charge in [0.1, 0.15) is 0 Å². The highest BCUT2D eigenvalue weighted by Gasteiger charge is 2.27. The van der Waals surface area contributed by atoms with E-state index in [0.29, 0.717) is 6.04 Å². The van der Waals surface area contributed by atoms with Crippen LogP contribution in [0, 0.1) is 11.8 Å². The van der Waals surface area contributed by atoms with Crippen LogP contribution < -0.4 is 5.32 Å². The van der Waals surface area contributed by atoms with Crippen molar-refractivity contribution in [2.45, 2.75) is 84.2 Å². The van der Waals surface area contributed by atoms with Crippen LogP contribution in [0.2, 0.25) is 0 Å². The summed E-state index contributed by atoms with van der Waals surface area (Å²) in [4.78, 5) is 2.86. The lowest BCUT2D eigenvalue weighted by Gasteiger charge is -2.38. The van der Waals surface area contributed by atoms with E-state index in [4.69, 9.17) is 0 Å². The van der Waals surface area contributed by atoms with Crippen molar-refractivity contribution in [2.75, 3.05) is 19.6 Å². The molecular weight excluding hydrogens is 244 g/mol. The lowest BCUT2D eigenvalue weighted by Crippen LogP contribution is -2.45. The van der Waals surface area contributed by atoms with E-state index in [1.165, 1.54) is 71.0 Å². The highest BCUT2D eigenvalue weighted by Crippen LogP contribution is 2.30. The Labute approximate surface area is 126 Å². The van der Waals surface area contributed by atoms with Gasteiger partial charge in [-0.2, -0.15) is 0 Å².